The van der Waals surface area contributed by atoms with Crippen LogP contribution in [0.5, 0.6) is 0 Å². The van der Waals surface area contributed by atoms with Crippen molar-refractivity contribution in [2.24, 2.45) is 0 Å². The maximum absolute atomic E-state index is 12.5. The fourth-order valence-corrected chi connectivity index (χ4v) is 4.01. The smallest absolute Gasteiger partial charge is 0.168 e. The Morgan fingerprint density at radius 1 is 1.04 bits per heavy atom. The van der Waals surface area contributed by atoms with E-state index in [0.29, 0.717) is 18.5 Å². The van der Waals surface area contributed by atoms with Crippen molar-refractivity contribution in [3.8, 4) is 0 Å². The van der Waals surface area contributed by atoms with Crippen LogP contribution in [0.2, 0.25) is 0 Å². The molecule has 2 aromatic carbocycles. The Kier molecular flexibility index (Phi) is 6.00. The van der Waals surface area contributed by atoms with Crippen LogP contribution in [0.1, 0.15) is 54.1 Å². The van der Waals surface area contributed by atoms with Gasteiger partial charge in [-0.25, -0.2) is 0 Å². The molecule has 1 unspecified atom stereocenters. The number of nitrogens with one attached hydrogen (secondary N) is 1. The first-order chi connectivity index (χ1) is 12.1. The number of rotatable bonds is 6. The Bertz CT molecular complexity index is 671. The van der Waals surface area contributed by atoms with Crippen LogP contribution in [0.25, 0.3) is 0 Å². The molecule has 4 atom stereocenters. The maximum Gasteiger partial charge on any atom is 0.168 e. The van der Waals surface area contributed by atoms with Crippen LogP contribution in [0.15, 0.2) is 60.7 Å². The standard InChI is InChI=1S/C22H27NO2/c1-23-19(15-21(24)17-9-4-2-5-10-17)13-8-14-20(23)16-22(25)18-11-6-3-7-12-18/h2-7,9-12,19-21,24H,8,13-16H2,1H3/p+1/t19-,20+,21+/m1/s1. The molecular formula is C22H28NO2+. The third-order valence-corrected chi connectivity index (χ3v) is 5.61. The summed E-state index contributed by atoms with van der Waals surface area (Å²) in [6.07, 6.45) is 4.26. The fraction of sp³-hybridized carbons (Fsp3) is 0.409. The first-order valence-corrected chi connectivity index (χ1v) is 9.29. The summed E-state index contributed by atoms with van der Waals surface area (Å²) in [5.41, 5.74) is 1.79. The number of aliphatic hydroxyl groups excluding tert-OH is 1. The lowest BCUT2D eigenvalue weighted by molar-refractivity contribution is -0.936. The first-order valence-electron chi connectivity index (χ1n) is 9.29. The predicted octanol–water partition coefficient (Wildman–Crippen LogP) is 2.82. The Labute approximate surface area is 150 Å². The summed E-state index contributed by atoms with van der Waals surface area (Å²) < 4.78 is 0. The molecule has 2 N–H and O–H groups in total. The van der Waals surface area contributed by atoms with Crippen molar-refractivity contribution in [1.82, 2.24) is 0 Å². The summed E-state index contributed by atoms with van der Waals surface area (Å²) in [4.78, 5) is 13.9. The van der Waals surface area contributed by atoms with Crippen LogP contribution in [0, 0.1) is 0 Å². The molecule has 25 heavy (non-hydrogen) atoms. The number of ketones is 1. The summed E-state index contributed by atoms with van der Waals surface area (Å²) in [6.45, 7) is 0. The number of Topliss-reactive ketones (excluding diaryl/α,β-unsaturated/α-hetero) is 1. The average molecular weight is 338 g/mol. The second kappa shape index (κ2) is 8.41. The topological polar surface area (TPSA) is 41.7 Å². The number of piperidine rings is 1. The van der Waals surface area contributed by atoms with E-state index in [2.05, 4.69) is 7.05 Å². The molecule has 0 radical (unpaired) electrons. The lowest BCUT2D eigenvalue weighted by Gasteiger charge is -2.37. The van der Waals surface area contributed by atoms with Crippen LogP contribution in [0.4, 0.5) is 0 Å². The van der Waals surface area contributed by atoms with Crippen LogP contribution < -0.4 is 4.90 Å². The van der Waals surface area contributed by atoms with E-state index >= 15 is 0 Å². The molecule has 2 aromatic rings. The fourth-order valence-electron chi connectivity index (χ4n) is 4.01. The highest BCUT2D eigenvalue weighted by Crippen LogP contribution is 2.22. The van der Waals surface area contributed by atoms with Crippen molar-refractivity contribution in [2.45, 2.75) is 50.3 Å². The van der Waals surface area contributed by atoms with E-state index in [1.807, 2.05) is 60.7 Å². The number of likely N-dealkylation sites (tertiary alicyclic amines) is 1. The number of hydrogen-bond acceptors (Lipinski definition) is 2. The van der Waals surface area contributed by atoms with Crippen LogP contribution in [-0.4, -0.2) is 30.0 Å². The first kappa shape index (κ1) is 17.8. The van der Waals surface area contributed by atoms with Crippen LogP contribution >= 0.6 is 0 Å². The number of hydrogen-bond donors (Lipinski definition) is 2. The van der Waals surface area contributed by atoms with E-state index in [-0.39, 0.29) is 5.78 Å². The lowest BCUT2D eigenvalue weighted by atomic mass is 9.88. The summed E-state index contributed by atoms with van der Waals surface area (Å²) >= 11 is 0. The molecule has 3 heteroatoms. The minimum absolute atomic E-state index is 0.231. The zero-order valence-corrected chi connectivity index (χ0v) is 14.9. The Morgan fingerprint density at radius 3 is 2.32 bits per heavy atom. The van der Waals surface area contributed by atoms with Gasteiger partial charge in [0.05, 0.1) is 31.7 Å². The van der Waals surface area contributed by atoms with Crippen molar-refractivity contribution in [3.05, 3.63) is 71.8 Å². The summed E-state index contributed by atoms with van der Waals surface area (Å²) in [7, 11) is 2.18. The van der Waals surface area contributed by atoms with Crippen molar-refractivity contribution < 1.29 is 14.8 Å². The van der Waals surface area contributed by atoms with E-state index in [1.54, 1.807) is 0 Å². The quantitative estimate of drug-likeness (QED) is 0.795. The van der Waals surface area contributed by atoms with E-state index in [1.165, 1.54) is 4.90 Å². The zero-order chi connectivity index (χ0) is 17.6. The number of aliphatic hydroxyl groups is 1. The monoisotopic (exact) mass is 338 g/mol. The van der Waals surface area contributed by atoms with Gasteiger partial charge in [-0.1, -0.05) is 60.7 Å². The van der Waals surface area contributed by atoms with E-state index < -0.39 is 6.10 Å². The summed E-state index contributed by atoms with van der Waals surface area (Å²) in [6, 6.07) is 20.2. The SMILES string of the molecule is C[NH+]1[C@@H](C[C@H](O)c2ccccc2)CCC[C@H]1CC(=O)c1ccccc1. The highest BCUT2D eigenvalue weighted by molar-refractivity contribution is 5.96. The van der Waals surface area contributed by atoms with Crippen molar-refractivity contribution in [1.29, 1.82) is 0 Å². The molecule has 0 amide bonds. The summed E-state index contributed by atoms with van der Waals surface area (Å²) in [5.74, 6) is 0.231. The van der Waals surface area contributed by atoms with Gasteiger partial charge in [-0.15, -0.1) is 0 Å². The van der Waals surface area contributed by atoms with Crippen molar-refractivity contribution in [2.75, 3.05) is 7.05 Å². The Morgan fingerprint density at radius 2 is 1.64 bits per heavy atom. The van der Waals surface area contributed by atoms with Gasteiger partial charge in [0.2, 0.25) is 0 Å². The average Bonchev–Trinajstić information content (AvgIpc) is 2.66. The molecule has 1 heterocycles. The van der Waals surface area contributed by atoms with Gasteiger partial charge in [0.1, 0.15) is 0 Å². The minimum Gasteiger partial charge on any atom is -0.388 e. The van der Waals surface area contributed by atoms with Crippen LogP contribution in [0.3, 0.4) is 0 Å². The van der Waals surface area contributed by atoms with E-state index in [0.717, 1.165) is 36.8 Å². The molecule has 3 rings (SSSR count). The molecule has 0 aliphatic carbocycles. The lowest BCUT2D eigenvalue weighted by Crippen LogP contribution is -3.17. The molecule has 132 valence electrons. The molecule has 1 aliphatic heterocycles. The van der Waals surface area contributed by atoms with Gasteiger partial charge in [-0.2, -0.15) is 0 Å². The number of carbonyl (C=O) groups is 1. The van der Waals surface area contributed by atoms with Gasteiger partial charge in [-0.05, 0) is 18.4 Å². The maximum atomic E-state index is 12.5. The number of carbonyl (C=O) groups excluding carboxylic acids is 1. The van der Waals surface area contributed by atoms with Crippen molar-refractivity contribution >= 4 is 5.78 Å². The Hall–Kier alpha value is -1.97. The third kappa shape index (κ3) is 4.56. The second-order valence-electron chi connectivity index (χ2n) is 7.22. The van der Waals surface area contributed by atoms with Gasteiger partial charge in [0, 0.05) is 18.4 Å². The molecule has 0 spiro atoms. The van der Waals surface area contributed by atoms with E-state index in [9.17, 15) is 9.90 Å². The van der Waals surface area contributed by atoms with Gasteiger partial charge >= 0.3 is 0 Å². The van der Waals surface area contributed by atoms with E-state index in [4.69, 9.17) is 0 Å². The molecule has 3 nitrogen and oxygen atoms in total. The van der Waals surface area contributed by atoms with Crippen LogP contribution in [-0.2, 0) is 0 Å². The molecule has 1 saturated heterocycles. The number of benzene rings is 2. The van der Waals surface area contributed by atoms with Gasteiger partial charge in [-0.3, -0.25) is 4.79 Å². The highest BCUT2D eigenvalue weighted by atomic mass is 16.3. The largest absolute Gasteiger partial charge is 0.388 e. The molecule has 0 aromatic heterocycles. The normalized spacial score (nSPS) is 24.6. The molecule has 1 fully saturated rings. The van der Waals surface area contributed by atoms with Crippen molar-refractivity contribution in [3.63, 3.8) is 0 Å². The van der Waals surface area contributed by atoms with Gasteiger partial charge in [0.25, 0.3) is 0 Å². The molecule has 0 saturated carbocycles. The molecule has 0 bridgehead atoms. The third-order valence-electron chi connectivity index (χ3n) is 5.61. The predicted molar refractivity (Wildman–Crippen MR) is 99.7 cm³/mol. The Balaban J connectivity index is 1.61. The zero-order valence-electron chi connectivity index (χ0n) is 14.9. The van der Waals surface area contributed by atoms with Gasteiger partial charge in [0.15, 0.2) is 5.78 Å². The minimum atomic E-state index is -0.426. The van der Waals surface area contributed by atoms with Gasteiger partial charge < -0.3 is 10.0 Å². The second-order valence-corrected chi connectivity index (χ2v) is 7.22. The summed E-state index contributed by atoms with van der Waals surface area (Å²) in [5, 5.41) is 10.6. The number of quaternary nitrogens is 1. The molecular weight excluding hydrogens is 310 g/mol. The molecule has 1 aliphatic rings. The highest BCUT2D eigenvalue weighted by Gasteiger charge is 2.34.